The van der Waals surface area contributed by atoms with Crippen molar-refractivity contribution >= 4 is 23.4 Å². The van der Waals surface area contributed by atoms with Gasteiger partial charge in [-0.3, -0.25) is 4.79 Å². The van der Waals surface area contributed by atoms with E-state index in [2.05, 4.69) is 10.6 Å². The molecule has 98 valence electrons. The number of benzene rings is 1. The zero-order chi connectivity index (χ0) is 13.1. The zero-order valence-electron chi connectivity index (χ0n) is 9.93. The molecule has 1 aromatic carbocycles. The fraction of sp³-hybridized carbons (Fsp3) is 0.417. The summed E-state index contributed by atoms with van der Waals surface area (Å²) in [5.41, 5.74) is 0.109. The molecule has 6 heteroatoms. The lowest BCUT2D eigenvalue weighted by Crippen LogP contribution is -2.46. The number of halogens is 2. The van der Waals surface area contributed by atoms with Gasteiger partial charge in [-0.15, -0.1) is 0 Å². The molecule has 1 saturated heterocycles. The molecule has 1 atom stereocenters. The largest absolute Gasteiger partial charge is 0.322 e. The SMILES string of the molecule is Cc1cc(F)c(NC(=O)C2CSCCN2)cc1F. The van der Waals surface area contributed by atoms with Crippen molar-refractivity contribution < 1.29 is 13.6 Å². The number of carbonyl (C=O) groups excluding carboxylic acids is 1. The smallest absolute Gasteiger partial charge is 0.242 e. The van der Waals surface area contributed by atoms with Gasteiger partial charge in [-0.25, -0.2) is 8.78 Å². The van der Waals surface area contributed by atoms with Crippen LogP contribution < -0.4 is 10.6 Å². The molecule has 2 N–H and O–H groups in total. The summed E-state index contributed by atoms with van der Waals surface area (Å²) in [6.45, 7) is 2.22. The van der Waals surface area contributed by atoms with Crippen molar-refractivity contribution in [1.29, 1.82) is 0 Å². The molecule has 3 nitrogen and oxygen atoms in total. The van der Waals surface area contributed by atoms with Crippen molar-refractivity contribution in [1.82, 2.24) is 5.32 Å². The normalized spacial score (nSPS) is 19.6. The maximum absolute atomic E-state index is 13.6. The number of amides is 1. The maximum Gasteiger partial charge on any atom is 0.242 e. The predicted molar refractivity (Wildman–Crippen MR) is 68.8 cm³/mol. The van der Waals surface area contributed by atoms with Gasteiger partial charge in [0.1, 0.15) is 11.6 Å². The third-order valence-corrected chi connectivity index (χ3v) is 3.81. The van der Waals surface area contributed by atoms with Gasteiger partial charge in [0.2, 0.25) is 5.91 Å². The molecule has 1 aliphatic heterocycles. The van der Waals surface area contributed by atoms with Gasteiger partial charge in [-0.2, -0.15) is 11.8 Å². The first-order valence-electron chi connectivity index (χ1n) is 5.65. The van der Waals surface area contributed by atoms with E-state index in [1.54, 1.807) is 11.8 Å². The van der Waals surface area contributed by atoms with Crippen LogP contribution in [0.1, 0.15) is 5.56 Å². The Morgan fingerprint density at radius 3 is 2.89 bits per heavy atom. The van der Waals surface area contributed by atoms with Crippen molar-refractivity contribution in [3.8, 4) is 0 Å². The molecule has 1 aromatic rings. The van der Waals surface area contributed by atoms with Crippen LogP contribution in [0.4, 0.5) is 14.5 Å². The van der Waals surface area contributed by atoms with Crippen LogP contribution in [0.5, 0.6) is 0 Å². The molecule has 0 spiro atoms. The average molecular weight is 272 g/mol. The highest BCUT2D eigenvalue weighted by molar-refractivity contribution is 7.99. The van der Waals surface area contributed by atoms with E-state index in [0.29, 0.717) is 5.75 Å². The lowest BCUT2D eigenvalue weighted by Gasteiger charge is -2.22. The molecule has 1 aliphatic rings. The molecule has 1 amide bonds. The summed E-state index contributed by atoms with van der Waals surface area (Å²) in [6, 6.07) is 1.74. The fourth-order valence-corrected chi connectivity index (χ4v) is 2.63. The van der Waals surface area contributed by atoms with E-state index in [1.165, 1.54) is 6.92 Å². The molecular formula is C12H14F2N2OS. The van der Waals surface area contributed by atoms with E-state index in [1.807, 2.05) is 0 Å². The number of anilines is 1. The molecule has 0 aromatic heterocycles. The minimum absolute atomic E-state index is 0.111. The van der Waals surface area contributed by atoms with Gasteiger partial charge in [-0.05, 0) is 18.6 Å². The second-order valence-corrected chi connectivity index (χ2v) is 5.30. The molecule has 0 bridgehead atoms. The van der Waals surface area contributed by atoms with Crippen LogP contribution in [0.3, 0.4) is 0 Å². The molecule has 0 aliphatic carbocycles. The van der Waals surface area contributed by atoms with E-state index in [9.17, 15) is 13.6 Å². The van der Waals surface area contributed by atoms with Crippen LogP contribution in [0.15, 0.2) is 12.1 Å². The number of carbonyl (C=O) groups is 1. The van der Waals surface area contributed by atoms with Gasteiger partial charge in [0.15, 0.2) is 0 Å². The molecule has 1 heterocycles. The summed E-state index contributed by atoms with van der Waals surface area (Å²) in [7, 11) is 0. The zero-order valence-corrected chi connectivity index (χ0v) is 10.7. The lowest BCUT2D eigenvalue weighted by atomic mass is 10.2. The second-order valence-electron chi connectivity index (χ2n) is 4.15. The monoisotopic (exact) mass is 272 g/mol. The van der Waals surface area contributed by atoms with Crippen LogP contribution in [-0.2, 0) is 4.79 Å². The molecular weight excluding hydrogens is 258 g/mol. The van der Waals surface area contributed by atoms with Crippen molar-refractivity contribution in [2.24, 2.45) is 0 Å². The minimum atomic E-state index is -0.620. The summed E-state index contributed by atoms with van der Waals surface area (Å²) in [5, 5.41) is 5.45. The summed E-state index contributed by atoms with van der Waals surface area (Å²) >= 11 is 1.66. The average Bonchev–Trinajstić information content (AvgIpc) is 2.37. The second kappa shape index (κ2) is 5.67. The van der Waals surface area contributed by atoms with Gasteiger partial charge < -0.3 is 10.6 Å². The highest BCUT2D eigenvalue weighted by Crippen LogP contribution is 2.19. The van der Waals surface area contributed by atoms with E-state index in [0.717, 1.165) is 24.4 Å². The Balaban J connectivity index is 2.08. The third kappa shape index (κ3) is 3.00. The minimum Gasteiger partial charge on any atom is -0.322 e. The Hall–Kier alpha value is -1.14. The Labute approximate surface area is 108 Å². The highest BCUT2D eigenvalue weighted by Gasteiger charge is 2.22. The number of aryl methyl sites for hydroxylation is 1. The Morgan fingerprint density at radius 2 is 2.22 bits per heavy atom. The first-order chi connectivity index (χ1) is 8.58. The van der Waals surface area contributed by atoms with Crippen LogP contribution in [0.2, 0.25) is 0 Å². The maximum atomic E-state index is 13.6. The molecule has 2 rings (SSSR count). The van der Waals surface area contributed by atoms with Gasteiger partial charge >= 0.3 is 0 Å². The van der Waals surface area contributed by atoms with Crippen LogP contribution in [0.25, 0.3) is 0 Å². The van der Waals surface area contributed by atoms with Crippen LogP contribution in [-0.4, -0.2) is 30.0 Å². The first-order valence-corrected chi connectivity index (χ1v) is 6.81. The van der Waals surface area contributed by atoms with E-state index < -0.39 is 11.6 Å². The standard InChI is InChI=1S/C12H14F2N2OS/c1-7-4-9(14)10(5-8(7)13)16-12(17)11-6-18-3-2-15-11/h4-5,11,15H,2-3,6H2,1H3,(H,16,17). The van der Waals surface area contributed by atoms with Gasteiger partial charge in [0, 0.05) is 24.1 Å². The Kier molecular flexibility index (Phi) is 4.19. The molecule has 18 heavy (non-hydrogen) atoms. The summed E-state index contributed by atoms with van der Waals surface area (Å²) < 4.78 is 26.9. The quantitative estimate of drug-likeness (QED) is 0.864. The number of hydrogen-bond donors (Lipinski definition) is 2. The van der Waals surface area contributed by atoms with Gasteiger partial charge in [0.05, 0.1) is 11.7 Å². The summed E-state index contributed by atoms with van der Waals surface area (Å²) in [5.74, 6) is 0.117. The van der Waals surface area contributed by atoms with E-state index in [-0.39, 0.29) is 23.2 Å². The first kappa shape index (κ1) is 13.3. The molecule has 0 radical (unpaired) electrons. The lowest BCUT2D eigenvalue weighted by molar-refractivity contribution is -0.117. The number of nitrogens with one attached hydrogen (secondary N) is 2. The Bertz CT molecular complexity index is 462. The molecule has 1 fully saturated rings. The number of rotatable bonds is 2. The van der Waals surface area contributed by atoms with Crippen molar-refractivity contribution in [2.75, 3.05) is 23.4 Å². The number of thioether (sulfide) groups is 1. The van der Waals surface area contributed by atoms with Gasteiger partial charge in [-0.1, -0.05) is 0 Å². The van der Waals surface area contributed by atoms with Crippen LogP contribution in [0, 0.1) is 18.6 Å². The predicted octanol–water partition coefficient (Wildman–Crippen LogP) is 1.92. The van der Waals surface area contributed by atoms with Gasteiger partial charge in [0.25, 0.3) is 0 Å². The van der Waals surface area contributed by atoms with Crippen LogP contribution >= 0.6 is 11.8 Å². The topological polar surface area (TPSA) is 41.1 Å². The molecule has 0 saturated carbocycles. The van der Waals surface area contributed by atoms with Crippen molar-refractivity contribution in [3.63, 3.8) is 0 Å². The summed E-state index contributed by atoms with van der Waals surface area (Å²) in [4.78, 5) is 11.8. The fourth-order valence-electron chi connectivity index (χ4n) is 1.70. The Morgan fingerprint density at radius 1 is 1.44 bits per heavy atom. The number of hydrogen-bond acceptors (Lipinski definition) is 3. The van der Waals surface area contributed by atoms with Crippen molar-refractivity contribution in [2.45, 2.75) is 13.0 Å². The third-order valence-electron chi connectivity index (χ3n) is 2.74. The highest BCUT2D eigenvalue weighted by atomic mass is 32.2. The van der Waals surface area contributed by atoms with E-state index in [4.69, 9.17) is 0 Å². The van der Waals surface area contributed by atoms with E-state index >= 15 is 0 Å². The summed E-state index contributed by atoms with van der Waals surface area (Å²) in [6.07, 6.45) is 0. The molecule has 1 unspecified atom stereocenters. The van der Waals surface area contributed by atoms with Crippen molar-refractivity contribution in [3.05, 3.63) is 29.3 Å².